The molecule has 0 aliphatic heterocycles. The molecule has 1 aliphatic rings. The molecule has 1 aromatic carbocycles. The molecule has 1 saturated carbocycles. The van der Waals surface area contributed by atoms with E-state index >= 15 is 0 Å². The summed E-state index contributed by atoms with van der Waals surface area (Å²) in [4.78, 5) is 48.4. The maximum Gasteiger partial charge on any atom is 0.303 e. The van der Waals surface area contributed by atoms with Crippen LogP contribution in [0.2, 0.25) is 0 Å². The third-order valence-electron chi connectivity index (χ3n) is 7.69. The number of anilines is 1. The zero-order valence-electron chi connectivity index (χ0n) is 26.7. The largest absolute Gasteiger partial charge is 0.354 e. The number of carbonyl (C=O) groups is 3. The van der Waals surface area contributed by atoms with Gasteiger partial charge in [-0.1, -0.05) is 6.07 Å². The molecule has 248 valence electrons. The van der Waals surface area contributed by atoms with E-state index in [0.29, 0.717) is 24.6 Å². The molecule has 0 saturated heterocycles. The number of pyridine rings is 1. The minimum atomic E-state index is -3.93. The van der Waals surface area contributed by atoms with E-state index in [0.717, 1.165) is 27.1 Å². The first-order chi connectivity index (χ1) is 21.8. The number of rotatable bonds is 16. The number of hydrogen-bond acceptors (Lipinski definition) is 9. The summed E-state index contributed by atoms with van der Waals surface area (Å²) in [6.45, 7) is 4.48. The quantitative estimate of drug-likeness (QED) is 0.180. The number of hydrogen-bond donors (Lipinski definition) is 4. The standard InChI is InChI=1S/C31H42N8O5S2/c1-20(28-8-6-7-11-32-28)36-30(41)23-12-24(14-27(13-23)39(5)46(43,44)38(3)4)31(42)37-25(15-26-18-45-19-35-26)17-33-21(2)29(40)34-16-22-9-10-22/h6-8,11-14,18-22,25,33H,9-10,15-17H2,1-5H3,(H,34,40)(H,36,41)(H,37,42)/t20?,21-,25-/m0/s1. The molecule has 4 rings (SSSR count). The number of thiazole rings is 1. The van der Waals surface area contributed by atoms with E-state index in [4.69, 9.17) is 0 Å². The lowest BCUT2D eigenvalue weighted by atomic mass is 10.1. The molecule has 1 aliphatic carbocycles. The second kappa shape index (κ2) is 15.6. The summed E-state index contributed by atoms with van der Waals surface area (Å²) in [6, 6.07) is 8.24. The van der Waals surface area contributed by atoms with Crippen molar-refractivity contribution in [2.75, 3.05) is 38.5 Å². The summed E-state index contributed by atoms with van der Waals surface area (Å²) in [7, 11) is 0.217. The van der Waals surface area contributed by atoms with Crippen molar-refractivity contribution in [1.82, 2.24) is 35.5 Å². The molecule has 13 nitrogen and oxygen atoms in total. The van der Waals surface area contributed by atoms with Crippen LogP contribution in [0.25, 0.3) is 0 Å². The molecule has 2 heterocycles. The summed E-state index contributed by atoms with van der Waals surface area (Å²) < 4.78 is 28.1. The van der Waals surface area contributed by atoms with Crippen molar-refractivity contribution in [3.8, 4) is 0 Å². The van der Waals surface area contributed by atoms with Crippen molar-refractivity contribution in [1.29, 1.82) is 0 Å². The van der Waals surface area contributed by atoms with E-state index in [-0.39, 0.29) is 29.3 Å². The monoisotopic (exact) mass is 670 g/mol. The first-order valence-electron chi connectivity index (χ1n) is 15.1. The lowest BCUT2D eigenvalue weighted by Gasteiger charge is -2.25. The van der Waals surface area contributed by atoms with Crippen LogP contribution in [-0.4, -0.2) is 86.7 Å². The van der Waals surface area contributed by atoms with E-state index in [1.807, 2.05) is 11.4 Å². The van der Waals surface area contributed by atoms with Crippen molar-refractivity contribution < 1.29 is 22.8 Å². The van der Waals surface area contributed by atoms with Crippen LogP contribution in [0, 0.1) is 5.92 Å². The molecule has 1 unspecified atom stereocenters. The predicted molar refractivity (Wildman–Crippen MR) is 178 cm³/mol. The first-order valence-corrected chi connectivity index (χ1v) is 17.4. The maximum atomic E-state index is 13.8. The third kappa shape index (κ3) is 9.55. The second-order valence-electron chi connectivity index (χ2n) is 11.6. The highest BCUT2D eigenvalue weighted by molar-refractivity contribution is 7.90. The van der Waals surface area contributed by atoms with Gasteiger partial charge in [-0.2, -0.15) is 12.7 Å². The smallest absolute Gasteiger partial charge is 0.303 e. The van der Waals surface area contributed by atoms with Gasteiger partial charge in [-0.25, -0.2) is 4.98 Å². The Morgan fingerprint density at radius 2 is 1.70 bits per heavy atom. The molecule has 2 aromatic heterocycles. The molecule has 46 heavy (non-hydrogen) atoms. The Morgan fingerprint density at radius 3 is 2.28 bits per heavy atom. The lowest BCUT2D eigenvalue weighted by Crippen LogP contribution is -2.49. The summed E-state index contributed by atoms with van der Waals surface area (Å²) in [5.74, 6) is -0.576. The van der Waals surface area contributed by atoms with Gasteiger partial charge in [-0.3, -0.25) is 23.7 Å². The van der Waals surface area contributed by atoms with Crippen LogP contribution in [0.5, 0.6) is 0 Å². The number of benzene rings is 1. The molecule has 1 fully saturated rings. The van der Waals surface area contributed by atoms with Crippen molar-refractivity contribution in [2.24, 2.45) is 5.92 Å². The van der Waals surface area contributed by atoms with Gasteiger partial charge in [0.25, 0.3) is 11.8 Å². The minimum absolute atomic E-state index is 0.0902. The highest BCUT2D eigenvalue weighted by atomic mass is 32.2. The van der Waals surface area contributed by atoms with E-state index in [1.165, 1.54) is 50.7 Å². The van der Waals surface area contributed by atoms with Gasteiger partial charge in [0.15, 0.2) is 0 Å². The molecular weight excluding hydrogens is 629 g/mol. The van der Waals surface area contributed by atoms with E-state index in [9.17, 15) is 22.8 Å². The molecule has 4 N–H and O–H groups in total. The van der Waals surface area contributed by atoms with Crippen molar-refractivity contribution in [2.45, 2.75) is 51.2 Å². The number of amides is 3. The summed E-state index contributed by atoms with van der Waals surface area (Å²) in [5, 5.41) is 13.9. The average Bonchev–Trinajstić information content (AvgIpc) is 3.74. The molecule has 0 spiro atoms. The van der Waals surface area contributed by atoms with Crippen LogP contribution in [0.1, 0.15) is 64.8 Å². The highest BCUT2D eigenvalue weighted by Crippen LogP contribution is 2.27. The Hall–Kier alpha value is -3.92. The molecule has 0 bridgehead atoms. The van der Waals surface area contributed by atoms with Crippen molar-refractivity contribution >= 4 is 45.0 Å². The van der Waals surface area contributed by atoms with Crippen LogP contribution in [0.3, 0.4) is 0 Å². The minimum Gasteiger partial charge on any atom is -0.354 e. The zero-order chi connectivity index (χ0) is 33.4. The Kier molecular flexibility index (Phi) is 11.8. The van der Waals surface area contributed by atoms with Gasteiger partial charge < -0.3 is 21.3 Å². The summed E-state index contributed by atoms with van der Waals surface area (Å²) in [6.07, 6.45) is 4.28. The Balaban J connectivity index is 1.57. The number of nitrogens with one attached hydrogen (secondary N) is 4. The van der Waals surface area contributed by atoms with E-state index in [1.54, 1.807) is 37.7 Å². The van der Waals surface area contributed by atoms with Gasteiger partial charge in [-0.15, -0.1) is 11.3 Å². The summed E-state index contributed by atoms with van der Waals surface area (Å²) in [5.41, 5.74) is 3.44. The van der Waals surface area contributed by atoms with Gasteiger partial charge in [0.1, 0.15) is 0 Å². The predicted octanol–water partition coefficient (Wildman–Crippen LogP) is 2.12. The maximum absolute atomic E-state index is 13.8. The van der Waals surface area contributed by atoms with Gasteiger partial charge in [0.2, 0.25) is 5.91 Å². The van der Waals surface area contributed by atoms with Gasteiger partial charge >= 0.3 is 10.2 Å². The van der Waals surface area contributed by atoms with E-state index < -0.39 is 40.1 Å². The lowest BCUT2D eigenvalue weighted by molar-refractivity contribution is -0.122. The molecule has 15 heteroatoms. The van der Waals surface area contributed by atoms with Crippen LogP contribution < -0.4 is 25.6 Å². The topological polar surface area (TPSA) is 166 Å². The zero-order valence-corrected chi connectivity index (χ0v) is 28.3. The summed E-state index contributed by atoms with van der Waals surface area (Å²) >= 11 is 1.44. The van der Waals surface area contributed by atoms with Crippen LogP contribution in [0.4, 0.5) is 5.69 Å². The van der Waals surface area contributed by atoms with Gasteiger partial charge in [0, 0.05) is 69.4 Å². The molecule has 0 radical (unpaired) electrons. The van der Waals surface area contributed by atoms with Gasteiger partial charge in [-0.05, 0) is 62.9 Å². The SMILES string of the molecule is CC(NC(=O)c1cc(C(=O)N[C@H](CN[C@@H](C)C(=O)NCC2CC2)Cc2cscn2)cc(N(C)S(=O)(=O)N(C)C)c1)c1ccccn1. The van der Waals surface area contributed by atoms with Crippen LogP contribution in [0.15, 0.2) is 53.5 Å². The van der Waals surface area contributed by atoms with Crippen LogP contribution in [-0.2, 0) is 21.4 Å². The highest BCUT2D eigenvalue weighted by Gasteiger charge is 2.26. The fourth-order valence-corrected chi connectivity index (χ4v) is 6.02. The fourth-order valence-electron chi connectivity index (χ4n) is 4.58. The number of aromatic nitrogens is 2. The second-order valence-corrected chi connectivity index (χ2v) is 14.5. The molecular formula is C31H42N8O5S2. The van der Waals surface area contributed by atoms with Gasteiger partial charge in [0.05, 0.1) is 34.7 Å². The molecule has 3 amide bonds. The average molecular weight is 671 g/mol. The third-order valence-corrected chi connectivity index (χ3v) is 10.2. The van der Waals surface area contributed by atoms with Crippen molar-refractivity contribution in [3.05, 3.63) is 76.0 Å². The number of nitrogens with zero attached hydrogens (tertiary/aromatic N) is 4. The van der Waals surface area contributed by atoms with E-state index in [2.05, 4.69) is 31.2 Å². The normalized spacial score (nSPS) is 15.1. The Bertz CT molecular complexity index is 1600. The molecule has 3 aromatic rings. The fraction of sp³-hybridized carbons (Fsp3) is 0.452. The Morgan fingerprint density at radius 1 is 1.00 bits per heavy atom. The molecule has 3 atom stereocenters. The first kappa shape index (κ1) is 34.9. The number of carbonyl (C=O) groups excluding carboxylic acids is 3. The Labute approximate surface area is 274 Å². The van der Waals surface area contributed by atoms with Crippen LogP contribution >= 0.6 is 11.3 Å². The van der Waals surface area contributed by atoms with Crippen molar-refractivity contribution in [3.63, 3.8) is 0 Å².